The summed E-state index contributed by atoms with van der Waals surface area (Å²) >= 11 is 0. The normalized spacial score (nSPS) is 11.8. The van der Waals surface area contributed by atoms with Gasteiger partial charge in [-0.1, -0.05) is 194 Å². The maximum absolute atomic E-state index is 7.03. The fourth-order valence-corrected chi connectivity index (χ4v) is 10.3. The van der Waals surface area contributed by atoms with Crippen molar-refractivity contribution in [3.8, 4) is 33.4 Å². The van der Waals surface area contributed by atoms with Crippen LogP contribution in [0.1, 0.15) is 0 Å². The number of hydrogen-bond acceptors (Lipinski definition) is 2. The summed E-state index contributed by atoms with van der Waals surface area (Å²) in [5.41, 5.74) is 12.0. The second-order valence-electron chi connectivity index (χ2n) is 16.8. The highest BCUT2D eigenvalue weighted by Crippen LogP contribution is 2.48. The molecular formula is C62H39NO. The number of fused-ring (bicyclic) bond motifs is 11. The SMILES string of the molecule is c1ccc(-c2c(-c3ccccc3)c3cc(-c4cccc(N(c5ccc6c(ccc7ccccc76)c5)c5cccc6c5oc5c7ccccc7ccc65)c4)ccc3c3ccccc23)cc1. The molecule has 0 aliphatic carbocycles. The van der Waals surface area contributed by atoms with E-state index >= 15 is 0 Å². The lowest BCUT2D eigenvalue weighted by molar-refractivity contribution is 0.673. The van der Waals surface area contributed by atoms with Gasteiger partial charge in [0, 0.05) is 27.5 Å². The van der Waals surface area contributed by atoms with E-state index in [2.05, 4.69) is 241 Å². The lowest BCUT2D eigenvalue weighted by Gasteiger charge is -2.26. The van der Waals surface area contributed by atoms with Gasteiger partial charge in [0.1, 0.15) is 5.58 Å². The molecule has 12 aromatic carbocycles. The maximum Gasteiger partial charge on any atom is 0.159 e. The maximum atomic E-state index is 7.03. The third-order valence-corrected chi connectivity index (χ3v) is 13.2. The van der Waals surface area contributed by atoms with Crippen molar-refractivity contribution >= 4 is 92.9 Å². The van der Waals surface area contributed by atoms with Gasteiger partial charge in [-0.2, -0.15) is 0 Å². The minimum atomic E-state index is 0.858. The lowest BCUT2D eigenvalue weighted by atomic mass is 9.84. The van der Waals surface area contributed by atoms with Gasteiger partial charge in [-0.15, -0.1) is 0 Å². The second kappa shape index (κ2) is 14.6. The molecule has 0 atom stereocenters. The topological polar surface area (TPSA) is 16.4 Å². The molecule has 0 N–H and O–H groups in total. The largest absolute Gasteiger partial charge is 0.453 e. The number of para-hydroxylation sites is 1. The highest BCUT2D eigenvalue weighted by Gasteiger charge is 2.22. The summed E-state index contributed by atoms with van der Waals surface area (Å²) in [5, 5.41) is 14.4. The number of hydrogen-bond donors (Lipinski definition) is 0. The predicted octanol–water partition coefficient (Wildman–Crippen LogP) is 17.8. The van der Waals surface area contributed by atoms with Crippen molar-refractivity contribution in [1.82, 2.24) is 0 Å². The van der Waals surface area contributed by atoms with Crippen LogP contribution in [0, 0.1) is 0 Å². The van der Waals surface area contributed by atoms with Crippen LogP contribution in [-0.4, -0.2) is 0 Å². The molecular weight excluding hydrogens is 775 g/mol. The standard InChI is InChI=1S/C62H39NO/c1-3-17-42(18-4-1)59-54-26-12-11-25-52(54)53-34-32-45(39-57(53)60(59)43-19-5-2-6-20-43)44-21-13-22-47(37-44)63(48-33-36-50-46(38-48)30-29-40-15-7-9-23-49(40)50)58-28-14-27-55-56-35-31-41-16-8-10-24-51(41)61(56)64-62(55)58/h1-39H. The van der Waals surface area contributed by atoms with Crippen LogP contribution in [-0.2, 0) is 0 Å². The Kier molecular flexibility index (Phi) is 8.25. The van der Waals surface area contributed by atoms with Crippen LogP contribution in [0.2, 0.25) is 0 Å². The predicted molar refractivity (Wildman–Crippen MR) is 272 cm³/mol. The molecule has 13 rings (SSSR count). The Morgan fingerprint density at radius 1 is 0.250 bits per heavy atom. The van der Waals surface area contributed by atoms with Crippen LogP contribution in [0.4, 0.5) is 17.1 Å². The zero-order valence-corrected chi connectivity index (χ0v) is 34.9. The summed E-state index contributed by atoms with van der Waals surface area (Å²) in [4.78, 5) is 2.38. The molecule has 0 aliphatic heterocycles. The Bertz CT molecular complexity index is 3960. The summed E-state index contributed by atoms with van der Waals surface area (Å²) < 4.78 is 7.03. The summed E-state index contributed by atoms with van der Waals surface area (Å²) in [7, 11) is 0. The van der Waals surface area contributed by atoms with Crippen LogP contribution in [0.25, 0.3) is 109 Å². The molecule has 13 aromatic rings. The monoisotopic (exact) mass is 813 g/mol. The minimum absolute atomic E-state index is 0.858. The van der Waals surface area contributed by atoms with Gasteiger partial charge in [-0.25, -0.2) is 0 Å². The second-order valence-corrected chi connectivity index (χ2v) is 16.8. The molecule has 0 fully saturated rings. The quantitative estimate of drug-likeness (QED) is 0.156. The fourth-order valence-electron chi connectivity index (χ4n) is 10.3. The fraction of sp³-hybridized carbons (Fsp3) is 0. The van der Waals surface area contributed by atoms with E-state index in [9.17, 15) is 0 Å². The number of furan rings is 1. The van der Waals surface area contributed by atoms with Crippen molar-refractivity contribution in [2.24, 2.45) is 0 Å². The van der Waals surface area contributed by atoms with Gasteiger partial charge < -0.3 is 9.32 Å². The number of nitrogens with zero attached hydrogens (tertiary/aromatic N) is 1. The Hall–Kier alpha value is -8.46. The first kappa shape index (κ1) is 36.2. The van der Waals surface area contributed by atoms with Gasteiger partial charge in [-0.3, -0.25) is 0 Å². The van der Waals surface area contributed by atoms with Gasteiger partial charge in [0.05, 0.1) is 5.69 Å². The van der Waals surface area contributed by atoms with Crippen molar-refractivity contribution in [3.63, 3.8) is 0 Å². The Balaban J connectivity index is 1.05. The molecule has 0 spiro atoms. The first-order chi connectivity index (χ1) is 31.7. The smallest absolute Gasteiger partial charge is 0.159 e. The van der Waals surface area contributed by atoms with E-state index in [-0.39, 0.29) is 0 Å². The van der Waals surface area contributed by atoms with Gasteiger partial charge in [-0.05, 0) is 124 Å². The molecule has 2 heteroatoms. The van der Waals surface area contributed by atoms with E-state index in [1.807, 2.05) is 0 Å². The number of anilines is 3. The van der Waals surface area contributed by atoms with E-state index in [1.165, 1.54) is 65.3 Å². The number of benzene rings is 12. The van der Waals surface area contributed by atoms with Gasteiger partial charge in [0.2, 0.25) is 0 Å². The molecule has 2 nitrogen and oxygen atoms in total. The van der Waals surface area contributed by atoms with E-state index in [0.717, 1.165) is 60.9 Å². The third kappa shape index (κ3) is 5.73. The Labute approximate surface area is 370 Å². The van der Waals surface area contributed by atoms with E-state index in [4.69, 9.17) is 4.42 Å². The molecule has 0 radical (unpaired) electrons. The van der Waals surface area contributed by atoms with Crippen molar-refractivity contribution in [2.75, 3.05) is 4.90 Å². The first-order valence-corrected chi connectivity index (χ1v) is 22.0. The molecule has 1 heterocycles. The van der Waals surface area contributed by atoms with Crippen LogP contribution in [0.5, 0.6) is 0 Å². The lowest BCUT2D eigenvalue weighted by Crippen LogP contribution is -2.10. The van der Waals surface area contributed by atoms with Crippen molar-refractivity contribution in [2.45, 2.75) is 0 Å². The average Bonchev–Trinajstić information content (AvgIpc) is 3.76. The summed E-state index contributed by atoms with van der Waals surface area (Å²) in [6.07, 6.45) is 0. The zero-order chi connectivity index (χ0) is 42.1. The molecule has 0 unspecified atom stereocenters. The van der Waals surface area contributed by atoms with E-state index < -0.39 is 0 Å². The van der Waals surface area contributed by atoms with E-state index in [0.29, 0.717) is 0 Å². The Morgan fingerprint density at radius 2 is 0.750 bits per heavy atom. The molecule has 0 saturated heterocycles. The highest BCUT2D eigenvalue weighted by molar-refractivity contribution is 6.22. The average molecular weight is 814 g/mol. The third-order valence-electron chi connectivity index (χ3n) is 13.2. The minimum Gasteiger partial charge on any atom is -0.453 e. The van der Waals surface area contributed by atoms with Crippen LogP contribution >= 0.6 is 0 Å². The van der Waals surface area contributed by atoms with Crippen LogP contribution in [0.15, 0.2) is 241 Å². The van der Waals surface area contributed by atoms with Crippen LogP contribution < -0.4 is 4.90 Å². The molecule has 64 heavy (non-hydrogen) atoms. The van der Waals surface area contributed by atoms with E-state index in [1.54, 1.807) is 0 Å². The molecule has 298 valence electrons. The van der Waals surface area contributed by atoms with Gasteiger partial charge in [0.15, 0.2) is 5.58 Å². The highest BCUT2D eigenvalue weighted by atomic mass is 16.3. The van der Waals surface area contributed by atoms with Crippen molar-refractivity contribution in [1.29, 1.82) is 0 Å². The molecule has 0 amide bonds. The molecule has 1 aromatic heterocycles. The molecule has 0 aliphatic rings. The van der Waals surface area contributed by atoms with Crippen molar-refractivity contribution < 1.29 is 4.42 Å². The molecule has 0 bridgehead atoms. The number of rotatable bonds is 6. The zero-order valence-electron chi connectivity index (χ0n) is 34.9. The summed E-state index contributed by atoms with van der Waals surface area (Å²) in [6.45, 7) is 0. The van der Waals surface area contributed by atoms with Crippen LogP contribution in [0.3, 0.4) is 0 Å². The van der Waals surface area contributed by atoms with Gasteiger partial charge in [0.25, 0.3) is 0 Å². The molecule has 0 saturated carbocycles. The first-order valence-electron chi connectivity index (χ1n) is 22.0. The Morgan fingerprint density at radius 3 is 1.55 bits per heavy atom. The summed E-state index contributed by atoms with van der Waals surface area (Å²) in [5.74, 6) is 0. The van der Waals surface area contributed by atoms with Gasteiger partial charge >= 0.3 is 0 Å². The van der Waals surface area contributed by atoms with Crippen molar-refractivity contribution in [3.05, 3.63) is 237 Å². The summed E-state index contributed by atoms with van der Waals surface area (Å²) in [6, 6.07) is 86.0.